The highest BCUT2D eigenvalue weighted by Crippen LogP contribution is 2.39. The first-order valence-corrected chi connectivity index (χ1v) is 7.66. The quantitative estimate of drug-likeness (QED) is 0.675. The number of aromatic nitrogens is 2. The first-order chi connectivity index (χ1) is 11.2. The number of aliphatic imine (C=N–C) groups is 1. The number of rotatable bonds is 2. The van der Waals surface area contributed by atoms with Crippen LogP contribution in [0.1, 0.15) is 23.7 Å². The largest absolute Gasteiger partial charge is 0.241 e. The summed E-state index contributed by atoms with van der Waals surface area (Å²) in [5.74, 6) is 0.604. The second kappa shape index (κ2) is 5.47. The third-order valence-corrected chi connectivity index (χ3v) is 4.21. The van der Waals surface area contributed by atoms with Crippen molar-refractivity contribution in [3.05, 3.63) is 71.7 Å². The molecule has 1 aliphatic heterocycles. The van der Waals surface area contributed by atoms with Gasteiger partial charge in [-0.15, -0.1) is 0 Å². The molecular weight excluding hydrogens is 289 g/mol. The Hall–Kier alpha value is -2.75. The zero-order valence-electron chi connectivity index (χ0n) is 12.8. The molecule has 114 valence electrons. The van der Waals surface area contributed by atoms with E-state index in [1.165, 1.54) is 17.7 Å². The smallest absolute Gasteiger partial charge is 0.158 e. The number of nitrogens with zero attached hydrogens (tertiary/aromatic N) is 3. The lowest BCUT2D eigenvalue weighted by Crippen LogP contribution is -2.15. The molecule has 0 amide bonds. The Morgan fingerprint density at radius 2 is 1.78 bits per heavy atom. The van der Waals surface area contributed by atoms with Crippen molar-refractivity contribution in [2.75, 3.05) is 0 Å². The van der Waals surface area contributed by atoms with Crippen LogP contribution in [-0.2, 0) is 0 Å². The van der Waals surface area contributed by atoms with Crippen molar-refractivity contribution < 1.29 is 4.39 Å². The van der Waals surface area contributed by atoms with Crippen molar-refractivity contribution in [2.24, 2.45) is 4.99 Å². The molecule has 23 heavy (non-hydrogen) atoms. The Labute approximate surface area is 134 Å². The van der Waals surface area contributed by atoms with Crippen molar-refractivity contribution in [2.45, 2.75) is 19.4 Å². The fraction of sp³-hybridized carbons (Fsp3) is 0.158. The van der Waals surface area contributed by atoms with Gasteiger partial charge in [-0.25, -0.2) is 14.1 Å². The van der Waals surface area contributed by atoms with Gasteiger partial charge in [0.25, 0.3) is 0 Å². The second-order valence-corrected chi connectivity index (χ2v) is 5.71. The average molecular weight is 305 g/mol. The van der Waals surface area contributed by atoms with Crippen molar-refractivity contribution in [3.8, 4) is 11.1 Å². The SMILES string of the molecule is Cc1nn2c(c1-c1ccc(F)cc1)N=CCC2c1ccccc1. The third kappa shape index (κ3) is 2.36. The zero-order valence-corrected chi connectivity index (χ0v) is 12.8. The van der Waals surface area contributed by atoms with Crippen LogP contribution >= 0.6 is 0 Å². The lowest BCUT2D eigenvalue weighted by Gasteiger charge is -2.21. The predicted octanol–water partition coefficient (Wildman–Crippen LogP) is 4.69. The molecule has 1 atom stereocenters. The number of aryl methyl sites for hydroxylation is 1. The van der Waals surface area contributed by atoms with Gasteiger partial charge in [0, 0.05) is 18.2 Å². The maximum atomic E-state index is 13.2. The van der Waals surface area contributed by atoms with E-state index in [0.717, 1.165) is 29.1 Å². The van der Waals surface area contributed by atoms with Crippen LogP contribution in [0.15, 0.2) is 59.6 Å². The topological polar surface area (TPSA) is 30.2 Å². The number of hydrogen-bond donors (Lipinski definition) is 0. The van der Waals surface area contributed by atoms with Crippen LogP contribution < -0.4 is 0 Å². The summed E-state index contributed by atoms with van der Waals surface area (Å²) in [4.78, 5) is 4.57. The summed E-state index contributed by atoms with van der Waals surface area (Å²) < 4.78 is 15.2. The Bertz CT molecular complexity index is 864. The fourth-order valence-electron chi connectivity index (χ4n) is 3.12. The van der Waals surface area contributed by atoms with Gasteiger partial charge in [0.1, 0.15) is 5.82 Å². The summed E-state index contributed by atoms with van der Waals surface area (Å²) in [5, 5.41) is 4.72. The normalized spacial score (nSPS) is 16.3. The monoisotopic (exact) mass is 305 g/mol. The van der Waals surface area contributed by atoms with E-state index in [1.54, 1.807) is 12.1 Å². The number of benzene rings is 2. The van der Waals surface area contributed by atoms with E-state index < -0.39 is 0 Å². The molecule has 0 saturated heterocycles. The third-order valence-electron chi connectivity index (χ3n) is 4.21. The van der Waals surface area contributed by atoms with Crippen LogP contribution in [0.5, 0.6) is 0 Å². The Morgan fingerprint density at radius 1 is 1.04 bits per heavy atom. The molecule has 3 aromatic rings. The van der Waals surface area contributed by atoms with Gasteiger partial charge >= 0.3 is 0 Å². The van der Waals surface area contributed by atoms with Gasteiger partial charge in [0.05, 0.1) is 11.7 Å². The van der Waals surface area contributed by atoms with Crippen LogP contribution in [0.4, 0.5) is 10.2 Å². The second-order valence-electron chi connectivity index (χ2n) is 5.71. The summed E-state index contributed by atoms with van der Waals surface area (Å²) in [5.41, 5.74) is 4.04. The molecule has 0 aliphatic carbocycles. The van der Waals surface area contributed by atoms with Crippen molar-refractivity contribution in [3.63, 3.8) is 0 Å². The van der Waals surface area contributed by atoms with Crippen molar-refractivity contribution >= 4 is 12.0 Å². The van der Waals surface area contributed by atoms with Crippen molar-refractivity contribution in [1.82, 2.24) is 9.78 Å². The van der Waals surface area contributed by atoms with Gasteiger partial charge in [-0.3, -0.25) is 0 Å². The minimum Gasteiger partial charge on any atom is -0.241 e. The summed E-state index contributed by atoms with van der Waals surface area (Å²) in [6, 6.07) is 17.0. The molecule has 4 heteroatoms. The molecule has 0 fully saturated rings. The van der Waals surface area contributed by atoms with E-state index in [9.17, 15) is 4.39 Å². The van der Waals surface area contributed by atoms with E-state index in [1.807, 2.05) is 36.0 Å². The van der Waals surface area contributed by atoms with Gasteiger partial charge in [0.15, 0.2) is 5.82 Å². The number of halogens is 1. The molecule has 3 nitrogen and oxygen atoms in total. The lowest BCUT2D eigenvalue weighted by atomic mass is 10.0. The van der Waals surface area contributed by atoms with E-state index >= 15 is 0 Å². The summed E-state index contributed by atoms with van der Waals surface area (Å²) >= 11 is 0. The molecule has 1 unspecified atom stereocenters. The molecule has 2 heterocycles. The molecule has 2 aromatic carbocycles. The summed E-state index contributed by atoms with van der Waals surface area (Å²) in [6.45, 7) is 1.97. The Morgan fingerprint density at radius 3 is 2.52 bits per heavy atom. The highest BCUT2D eigenvalue weighted by molar-refractivity contribution is 5.80. The molecule has 4 rings (SSSR count). The van der Waals surface area contributed by atoms with Gasteiger partial charge in [0.2, 0.25) is 0 Å². The van der Waals surface area contributed by atoms with Crippen molar-refractivity contribution in [1.29, 1.82) is 0 Å². The molecule has 1 aliphatic rings. The van der Waals surface area contributed by atoms with E-state index in [-0.39, 0.29) is 11.9 Å². The highest BCUT2D eigenvalue weighted by Gasteiger charge is 2.25. The molecule has 1 aromatic heterocycles. The molecule has 0 saturated carbocycles. The molecule has 0 bridgehead atoms. The maximum absolute atomic E-state index is 13.2. The van der Waals surface area contributed by atoms with Gasteiger partial charge in [-0.05, 0) is 30.2 Å². The van der Waals surface area contributed by atoms with Gasteiger partial charge < -0.3 is 0 Å². The van der Waals surface area contributed by atoms with Crippen LogP contribution in [-0.4, -0.2) is 16.0 Å². The fourth-order valence-corrected chi connectivity index (χ4v) is 3.12. The van der Waals surface area contributed by atoms with Crippen LogP contribution in [0.25, 0.3) is 11.1 Å². The van der Waals surface area contributed by atoms with Gasteiger partial charge in [-0.1, -0.05) is 42.5 Å². The lowest BCUT2D eigenvalue weighted by molar-refractivity contribution is 0.533. The van der Waals surface area contributed by atoms with E-state index in [2.05, 4.69) is 17.1 Å². The summed E-state index contributed by atoms with van der Waals surface area (Å²) in [6.07, 6.45) is 2.77. The standard InChI is InChI=1S/C19H16FN3/c1-13-18(15-7-9-16(20)10-8-15)19-21-12-11-17(23(19)22-13)14-5-3-2-4-6-14/h2-10,12,17H,11H2,1H3. The van der Waals surface area contributed by atoms with Crippen LogP contribution in [0, 0.1) is 12.7 Å². The van der Waals surface area contributed by atoms with E-state index in [0.29, 0.717) is 0 Å². The minimum atomic E-state index is -0.238. The number of hydrogen-bond acceptors (Lipinski definition) is 2. The molecule has 0 spiro atoms. The van der Waals surface area contributed by atoms with E-state index in [4.69, 9.17) is 5.10 Å². The van der Waals surface area contributed by atoms with Crippen LogP contribution in [0.3, 0.4) is 0 Å². The molecule has 0 radical (unpaired) electrons. The number of fused-ring (bicyclic) bond motifs is 1. The van der Waals surface area contributed by atoms with Gasteiger partial charge in [-0.2, -0.15) is 5.10 Å². The first-order valence-electron chi connectivity index (χ1n) is 7.66. The molecule has 0 N–H and O–H groups in total. The highest BCUT2D eigenvalue weighted by atomic mass is 19.1. The Balaban J connectivity index is 1.85. The summed E-state index contributed by atoms with van der Waals surface area (Å²) in [7, 11) is 0. The Kier molecular flexibility index (Phi) is 3.30. The minimum absolute atomic E-state index is 0.150. The zero-order chi connectivity index (χ0) is 15.8. The molecular formula is C19H16FN3. The average Bonchev–Trinajstić information content (AvgIpc) is 2.92. The van der Waals surface area contributed by atoms with Crippen LogP contribution in [0.2, 0.25) is 0 Å². The maximum Gasteiger partial charge on any atom is 0.158 e. The predicted molar refractivity (Wildman–Crippen MR) is 89.7 cm³/mol. The first kappa shape index (κ1) is 13.9.